The van der Waals surface area contributed by atoms with Crippen LogP contribution in [-0.2, 0) is 0 Å². The molecule has 1 aliphatic carbocycles. The average Bonchev–Trinajstić information content (AvgIpc) is 2.51. The van der Waals surface area contributed by atoms with Crippen LogP contribution in [0.3, 0.4) is 0 Å². The van der Waals surface area contributed by atoms with Crippen LogP contribution in [0.15, 0.2) is 24.3 Å². The zero-order valence-corrected chi connectivity index (χ0v) is 14.6. The lowest BCUT2D eigenvalue weighted by molar-refractivity contribution is 0.0966. The van der Waals surface area contributed by atoms with E-state index in [1.807, 2.05) is 24.3 Å². The highest BCUT2D eigenvalue weighted by Crippen LogP contribution is 2.31. The molecule has 1 fully saturated rings. The number of hydrogen-bond donors (Lipinski definition) is 1. The van der Waals surface area contributed by atoms with E-state index in [9.17, 15) is 4.79 Å². The molecule has 114 valence electrons. The molecule has 0 spiro atoms. The minimum atomic E-state index is 0.161. The zero-order valence-electron chi connectivity index (χ0n) is 12.1. The van der Waals surface area contributed by atoms with Crippen molar-refractivity contribution in [2.75, 3.05) is 0 Å². The van der Waals surface area contributed by atoms with Crippen molar-refractivity contribution in [3.05, 3.63) is 35.4 Å². The highest BCUT2D eigenvalue weighted by molar-refractivity contribution is 7.82. The number of fused-ring (bicyclic) bond motifs is 1. The summed E-state index contributed by atoms with van der Waals surface area (Å²) in [5.41, 5.74) is 1.73. The second kappa shape index (κ2) is 6.60. The van der Waals surface area contributed by atoms with Gasteiger partial charge in [-0.25, -0.2) is 0 Å². The number of piperidine rings is 1. The monoisotopic (exact) mass is 347 g/mol. The van der Waals surface area contributed by atoms with E-state index in [1.54, 1.807) is 0 Å². The number of Topliss-reactive ketones (excluding diaryl/α,β-unsaturated/α-hetero) is 1. The van der Waals surface area contributed by atoms with Crippen molar-refractivity contribution in [1.29, 1.82) is 0 Å². The number of benzene rings is 1. The molecule has 2 atom stereocenters. The molecule has 3 rings (SSSR count). The smallest absolute Gasteiger partial charge is 0.164 e. The topological polar surface area (TPSA) is 29.1 Å². The van der Waals surface area contributed by atoms with Gasteiger partial charge in [-0.15, -0.1) is 0 Å². The Hall–Kier alpha value is -1.04. The summed E-state index contributed by atoms with van der Waals surface area (Å²) < 4.78 is 0. The molecule has 1 aromatic carbocycles. The fraction of sp³-hybridized carbons (Fsp3) is 0.412. The van der Waals surface area contributed by atoms with Gasteiger partial charge in [-0.2, -0.15) is 0 Å². The Bertz CT molecular complexity index is 668. The van der Waals surface area contributed by atoms with Gasteiger partial charge >= 0.3 is 0 Å². The predicted octanol–water partition coefficient (Wildman–Crippen LogP) is 4.04. The number of ketones is 1. The summed E-state index contributed by atoms with van der Waals surface area (Å²) >= 11 is 16.2. The minimum Gasteiger partial charge on any atom is -0.344 e. The molecule has 0 saturated carbocycles. The average molecular weight is 348 g/mol. The SMILES string of the molecule is O=C1CC(CCC2CCC(=S)NC2=S)C(=S)c2ccccc21. The van der Waals surface area contributed by atoms with Crippen LogP contribution < -0.4 is 5.32 Å². The molecule has 2 unspecified atom stereocenters. The molecule has 0 aromatic heterocycles. The lowest BCUT2D eigenvalue weighted by atomic mass is 9.79. The van der Waals surface area contributed by atoms with Crippen LogP contribution in [-0.4, -0.2) is 20.6 Å². The van der Waals surface area contributed by atoms with Gasteiger partial charge in [0.15, 0.2) is 5.78 Å². The van der Waals surface area contributed by atoms with E-state index in [4.69, 9.17) is 36.7 Å². The summed E-state index contributed by atoms with van der Waals surface area (Å²) in [6.45, 7) is 0. The first-order chi connectivity index (χ1) is 10.6. The Morgan fingerprint density at radius 2 is 1.73 bits per heavy atom. The Kier molecular flexibility index (Phi) is 4.76. The van der Waals surface area contributed by atoms with Crippen molar-refractivity contribution < 1.29 is 4.79 Å². The normalized spacial score (nSPS) is 24.9. The van der Waals surface area contributed by atoms with Gasteiger partial charge in [0.1, 0.15) is 0 Å². The van der Waals surface area contributed by atoms with Crippen LogP contribution in [0.5, 0.6) is 0 Å². The summed E-state index contributed by atoms with van der Waals surface area (Å²) in [6.07, 6.45) is 4.32. The molecule has 0 amide bonds. The van der Waals surface area contributed by atoms with E-state index in [0.717, 1.165) is 51.7 Å². The van der Waals surface area contributed by atoms with Crippen molar-refractivity contribution in [2.24, 2.45) is 11.8 Å². The van der Waals surface area contributed by atoms with Crippen molar-refractivity contribution >= 4 is 57.3 Å². The third-order valence-corrected chi connectivity index (χ3v) is 5.81. The van der Waals surface area contributed by atoms with Gasteiger partial charge in [0, 0.05) is 28.7 Å². The summed E-state index contributed by atoms with van der Waals surface area (Å²) in [7, 11) is 0. The van der Waals surface area contributed by atoms with Crippen LogP contribution in [0, 0.1) is 11.8 Å². The summed E-state index contributed by atoms with van der Waals surface area (Å²) in [4.78, 5) is 14.9. The summed E-state index contributed by atoms with van der Waals surface area (Å²) in [5, 5.41) is 3.12. The molecule has 1 aliphatic heterocycles. The summed E-state index contributed by atoms with van der Waals surface area (Å²) in [6, 6.07) is 7.69. The van der Waals surface area contributed by atoms with Crippen LogP contribution in [0.25, 0.3) is 0 Å². The zero-order chi connectivity index (χ0) is 15.7. The van der Waals surface area contributed by atoms with Gasteiger partial charge in [0.25, 0.3) is 0 Å². The van der Waals surface area contributed by atoms with E-state index in [2.05, 4.69) is 5.32 Å². The van der Waals surface area contributed by atoms with Crippen LogP contribution in [0.2, 0.25) is 0 Å². The molecule has 1 heterocycles. The molecular formula is C17H17NOS3. The molecule has 0 radical (unpaired) electrons. The second-order valence-electron chi connectivity index (χ2n) is 5.96. The van der Waals surface area contributed by atoms with Crippen molar-refractivity contribution in [3.63, 3.8) is 0 Å². The van der Waals surface area contributed by atoms with Crippen LogP contribution in [0.1, 0.15) is 48.0 Å². The van der Waals surface area contributed by atoms with Gasteiger partial charge in [-0.05, 0) is 31.2 Å². The number of carbonyl (C=O) groups is 1. The third-order valence-electron chi connectivity index (χ3n) is 4.51. The first-order valence-corrected chi connectivity index (χ1v) is 8.79. The third kappa shape index (κ3) is 3.16. The Morgan fingerprint density at radius 1 is 1.05 bits per heavy atom. The molecular weight excluding hydrogens is 330 g/mol. The molecule has 22 heavy (non-hydrogen) atoms. The van der Waals surface area contributed by atoms with E-state index in [1.165, 1.54) is 0 Å². The van der Waals surface area contributed by atoms with E-state index < -0.39 is 0 Å². The van der Waals surface area contributed by atoms with Crippen molar-refractivity contribution in [3.8, 4) is 0 Å². The van der Waals surface area contributed by atoms with Crippen molar-refractivity contribution in [1.82, 2.24) is 5.32 Å². The fourth-order valence-electron chi connectivity index (χ4n) is 3.24. The number of nitrogens with one attached hydrogen (secondary N) is 1. The molecule has 1 N–H and O–H groups in total. The number of thiocarbonyl (C=S) groups is 3. The van der Waals surface area contributed by atoms with Crippen LogP contribution in [0.4, 0.5) is 0 Å². The van der Waals surface area contributed by atoms with E-state index in [-0.39, 0.29) is 11.7 Å². The summed E-state index contributed by atoms with van der Waals surface area (Å²) in [5.74, 6) is 0.727. The first-order valence-electron chi connectivity index (χ1n) is 7.56. The van der Waals surface area contributed by atoms with Crippen LogP contribution >= 0.6 is 36.7 Å². The minimum absolute atomic E-state index is 0.161. The Morgan fingerprint density at radius 3 is 2.45 bits per heavy atom. The van der Waals surface area contributed by atoms with Gasteiger partial charge in [-0.1, -0.05) is 60.9 Å². The largest absolute Gasteiger partial charge is 0.344 e. The molecule has 2 aliphatic rings. The highest BCUT2D eigenvalue weighted by Gasteiger charge is 2.30. The second-order valence-corrected chi connectivity index (χ2v) is 7.33. The number of rotatable bonds is 3. The standard InChI is InChI=1S/C17H17NOS3/c19-14-9-11(16(21)13-4-2-1-3-12(13)14)6-5-10-7-8-15(20)18-17(10)22/h1-4,10-11H,5-9H2,(H,18,20,22). The lowest BCUT2D eigenvalue weighted by Crippen LogP contribution is -2.39. The fourth-order valence-corrected chi connectivity index (χ4v) is 4.27. The number of hydrogen-bond acceptors (Lipinski definition) is 4. The molecule has 5 heteroatoms. The Labute approximate surface area is 146 Å². The number of carbonyl (C=O) groups excluding carboxylic acids is 1. The molecule has 2 nitrogen and oxygen atoms in total. The predicted molar refractivity (Wildman–Crippen MR) is 101 cm³/mol. The maximum Gasteiger partial charge on any atom is 0.164 e. The van der Waals surface area contributed by atoms with Crippen molar-refractivity contribution in [2.45, 2.75) is 32.1 Å². The van der Waals surface area contributed by atoms with Gasteiger partial charge in [0.2, 0.25) is 0 Å². The quantitative estimate of drug-likeness (QED) is 0.834. The molecule has 0 bridgehead atoms. The molecule has 1 aromatic rings. The van der Waals surface area contributed by atoms with Gasteiger partial charge < -0.3 is 5.32 Å². The first kappa shape index (κ1) is 15.8. The molecule has 1 saturated heterocycles. The lowest BCUT2D eigenvalue weighted by Gasteiger charge is -2.29. The Balaban J connectivity index is 1.67. The van der Waals surface area contributed by atoms with E-state index in [0.29, 0.717) is 12.3 Å². The van der Waals surface area contributed by atoms with E-state index >= 15 is 0 Å². The maximum atomic E-state index is 12.3. The van der Waals surface area contributed by atoms with Gasteiger partial charge in [-0.3, -0.25) is 4.79 Å². The highest BCUT2D eigenvalue weighted by atomic mass is 32.1. The maximum absolute atomic E-state index is 12.3. The van der Waals surface area contributed by atoms with Gasteiger partial charge in [0.05, 0.1) is 9.98 Å².